The molecule has 17 heavy (non-hydrogen) atoms. The van der Waals surface area contributed by atoms with E-state index in [1.807, 2.05) is 12.1 Å². The lowest BCUT2D eigenvalue weighted by Crippen LogP contribution is -2.27. The van der Waals surface area contributed by atoms with Gasteiger partial charge < -0.3 is 10.6 Å². The molecule has 1 aliphatic rings. The summed E-state index contributed by atoms with van der Waals surface area (Å²) in [5.41, 5.74) is 7.10. The molecule has 0 aromatic heterocycles. The summed E-state index contributed by atoms with van der Waals surface area (Å²) in [5.74, 6) is 0.636. The first kappa shape index (κ1) is 12.4. The van der Waals surface area contributed by atoms with E-state index in [4.69, 9.17) is 5.73 Å². The van der Waals surface area contributed by atoms with E-state index in [0.717, 1.165) is 36.7 Å². The number of hydrogen-bond donors (Lipinski definition) is 1. The maximum absolute atomic E-state index is 14.0. The molecule has 0 saturated heterocycles. The van der Waals surface area contributed by atoms with Gasteiger partial charge in [-0.25, -0.2) is 4.39 Å². The molecule has 0 spiro atoms. The number of rotatable bonds is 6. The lowest BCUT2D eigenvalue weighted by atomic mass is 10.1. The second kappa shape index (κ2) is 5.50. The normalized spacial score (nSPS) is 15.0. The van der Waals surface area contributed by atoms with Gasteiger partial charge in [0.1, 0.15) is 5.82 Å². The molecule has 94 valence electrons. The van der Waals surface area contributed by atoms with Crippen molar-refractivity contribution in [3.8, 4) is 0 Å². The SMILES string of the molecule is CCCN(CC1CC1)c1ccc(CN)cc1F. The number of anilines is 1. The lowest BCUT2D eigenvalue weighted by molar-refractivity contribution is 0.606. The number of hydrogen-bond acceptors (Lipinski definition) is 2. The molecule has 1 aromatic rings. The molecule has 0 bridgehead atoms. The van der Waals surface area contributed by atoms with Gasteiger partial charge in [-0.2, -0.15) is 0 Å². The maximum atomic E-state index is 14.0. The van der Waals surface area contributed by atoms with Crippen LogP contribution in [-0.2, 0) is 6.54 Å². The molecule has 2 nitrogen and oxygen atoms in total. The molecule has 3 heteroatoms. The van der Waals surface area contributed by atoms with E-state index < -0.39 is 0 Å². The second-order valence-corrected chi connectivity index (χ2v) is 4.88. The van der Waals surface area contributed by atoms with E-state index in [0.29, 0.717) is 6.54 Å². The van der Waals surface area contributed by atoms with Gasteiger partial charge >= 0.3 is 0 Å². The molecule has 2 rings (SSSR count). The van der Waals surface area contributed by atoms with Crippen LogP contribution in [0.25, 0.3) is 0 Å². The van der Waals surface area contributed by atoms with Gasteiger partial charge in [-0.1, -0.05) is 13.0 Å². The van der Waals surface area contributed by atoms with E-state index in [-0.39, 0.29) is 5.82 Å². The average Bonchev–Trinajstić information content (AvgIpc) is 3.12. The van der Waals surface area contributed by atoms with Crippen molar-refractivity contribution in [2.45, 2.75) is 32.7 Å². The van der Waals surface area contributed by atoms with Crippen LogP contribution in [-0.4, -0.2) is 13.1 Å². The number of benzene rings is 1. The van der Waals surface area contributed by atoms with E-state index in [2.05, 4.69) is 11.8 Å². The molecule has 0 radical (unpaired) electrons. The Kier molecular flexibility index (Phi) is 4.00. The third-order valence-corrected chi connectivity index (χ3v) is 3.26. The third kappa shape index (κ3) is 3.19. The van der Waals surface area contributed by atoms with Crippen LogP contribution in [0.4, 0.5) is 10.1 Å². The van der Waals surface area contributed by atoms with Gasteiger partial charge in [0.05, 0.1) is 5.69 Å². The van der Waals surface area contributed by atoms with Crippen molar-refractivity contribution in [3.63, 3.8) is 0 Å². The highest BCUT2D eigenvalue weighted by Gasteiger charge is 2.25. The predicted molar refractivity (Wildman–Crippen MR) is 69.5 cm³/mol. The molecule has 1 fully saturated rings. The van der Waals surface area contributed by atoms with Crippen molar-refractivity contribution in [1.82, 2.24) is 0 Å². The summed E-state index contributed by atoms with van der Waals surface area (Å²) in [6, 6.07) is 5.36. The zero-order valence-electron chi connectivity index (χ0n) is 10.5. The van der Waals surface area contributed by atoms with Crippen LogP contribution >= 0.6 is 0 Å². The van der Waals surface area contributed by atoms with Crippen molar-refractivity contribution in [1.29, 1.82) is 0 Å². The minimum Gasteiger partial charge on any atom is -0.369 e. The first-order valence-corrected chi connectivity index (χ1v) is 6.48. The number of nitrogens with two attached hydrogens (primary N) is 1. The van der Waals surface area contributed by atoms with Gasteiger partial charge in [0.2, 0.25) is 0 Å². The highest BCUT2D eigenvalue weighted by molar-refractivity contribution is 5.49. The second-order valence-electron chi connectivity index (χ2n) is 4.88. The van der Waals surface area contributed by atoms with Crippen molar-refractivity contribution in [3.05, 3.63) is 29.6 Å². The van der Waals surface area contributed by atoms with Crippen LogP contribution in [0.1, 0.15) is 31.7 Å². The Hall–Kier alpha value is -1.09. The standard InChI is InChI=1S/C14H21FN2/c1-2-7-17(10-11-3-4-11)14-6-5-12(9-16)8-13(14)15/h5-6,8,11H,2-4,7,9-10,16H2,1H3. The summed E-state index contributed by atoms with van der Waals surface area (Å²) in [6.45, 7) is 4.45. The van der Waals surface area contributed by atoms with Gasteiger partial charge in [0.25, 0.3) is 0 Å². The molecule has 0 heterocycles. The Labute approximate surface area is 103 Å². The van der Waals surface area contributed by atoms with E-state index in [1.54, 1.807) is 6.07 Å². The summed E-state index contributed by atoms with van der Waals surface area (Å²) in [7, 11) is 0. The van der Waals surface area contributed by atoms with Crippen molar-refractivity contribution in [2.24, 2.45) is 11.7 Å². The average molecular weight is 236 g/mol. The molecule has 1 aliphatic carbocycles. The van der Waals surface area contributed by atoms with E-state index in [9.17, 15) is 4.39 Å². The molecule has 0 aliphatic heterocycles. The van der Waals surface area contributed by atoms with Crippen LogP contribution in [0.5, 0.6) is 0 Å². The Balaban J connectivity index is 2.15. The molecular weight excluding hydrogens is 215 g/mol. The quantitative estimate of drug-likeness (QED) is 0.823. The maximum Gasteiger partial charge on any atom is 0.146 e. The molecule has 0 atom stereocenters. The summed E-state index contributed by atoms with van der Waals surface area (Å²) in [4.78, 5) is 2.17. The van der Waals surface area contributed by atoms with Crippen molar-refractivity contribution >= 4 is 5.69 Å². The Morgan fingerprint density at radius 2 is 2.18 bits per heavy atom. The van der Waals surface area contributed by atoms with Gasteiger partial charge in [0.15, 0.2) is 0 Å². The Morgan fingerprint density at radius 1 is 1.41 bits per heavy atom. The smallest absolute Gasteiger partial charge is 0.146 e. The Bertz CT molecular complexity index is 374. The molecular formula is C14H21FN2. The topological polar surface area (TPSA) is 29.3 Å². The fraction of sp³-hybridized carbons (Fsp3) is 0.571. The summed E-state index contributed by atoms with van der Waals surface area (Å²) < 4.78 is 14.0. The highest BCUT2D eigenvalue weighted by atomic mass is 19.1. The summed E-state index contributed by atoms with van der Waals surface area (Å²) in [5, 5.41) is 0. The zero-order valence-corrected chi connectivity index (χ0v) is 10.5. The lowest BCUT2D eigenvalue weighted by Gasteiger charge is -2.25. The monoisotopic (exact) mass is 236 g/mol. The van der Waals surface area contributed by atoms with Gasteiger partial charge in [-0.05, 0) is 42.9 Å². The van der Waals surface area contributed by atoms with Gasteiger partial charge in [0, 0.05) is 19.6 Å². The summed E-state index contributed by atoms with van der Waals surface area (Å²) >= 11 is 0. The first-order valence-electron chi connectivity index (χ1n) is 6.48. The Morgan fingerprint density at radius 3 is 2.71 bits per heavy atom. The van der Waals surface area contributed by atoms with Crippen LogP contribution in [0.3, 0.4) is 0 Å². The van der Waals surface area contributed by atoms with Crippen LogP contribution in [0.15, 0.2) is 18.2 Å². The summed E-state index contributed by atoms with van der Waals surface area (Å²) in [6.07, 6.45) is 3.64. The largest absolute Gasteiger partial charge is 0.369 e. The highest BCUT2D eigenvalue weighted by Crippen LogP contribution is 2.32. The van der Waals surface area contributed by atoms with Crippen LogP contribution in [0.2, 0.25) is 0 Å². The van der Waals surface area contributed by atoms with E-state index in [1.165, 1.54) is 12.8 Å². The van der Waals surface area contributed by atoms with Gasteiger partial charge in [-0.3, -0.25) is 0 Å². The number of halogens is 1. The minimum absolute atomic E-state index is 0.137. The number of nitrogens with zero attached hydrogens (tertiary/aromatic N) is 1. The molecule has 1 saturated carbocycles. The fourth-order valence-corrected chi connectivity index (χ4v) is 2.13. The van der Waals surface area contributed by atoms with Gasteiger partial charge in [-0.15, -0.1) is 0 Å². The van der Waals surface area contributed by atoms with E-state index >= 15 is 0 Å². The minimum atomic E-state index is -0.137. The van der Waals surface area contributed by atoms with Crippen molar-refractivity contribution in [2.75, 3.05) is 18.0 Å². The molecule has 0 unspecified atom stereocenters. The first-order chi connectivity index (χ1) is 8.24. The molecule has 2 N–H and O–H groups in total. The zero-order chi connectivity index (χ0) is 12.3. The molecule has 1 aromatic carbocycles. The fourth-order valence-electron chi connectivity index (χ4n) is 2.13. The van der Waals surface area contributed by atoms with Crippen molar-refractivity contribution < 1.29 is 4.39 Å². The third-order valence-electron chi connectivity index (χ3n) is 3.26. The van der Waals surface area contributed by atoms with Crippen LogP contribution in [0, 0.1) is 11.7 Å². The van der Waals surface area contributed by atoms with Crippen LogP contribution < -0.4 is 10.6 Å². The molecule has 0 amide bonds. The predicted octanol–water partition coefficient (Wildman–Crippen LogP) is 2.91.